The van der Waals surface area contributed by atoms with Crippen LogP contribution in [0.15, 0.2) is 27.7 Å². The van der Waals surface area contributed by atoms with E-state index in [0.717, 1.165) is 45.6 Å². The molecule has 1 atom stereocenters. The van der Waals surface area contributed by atoms with Gasteiger partial charge in [0.1, 0.15) is 16.8 Å². The largest absolute Gasteiger partial charge is 0.493 e. The summed E-state index contributed by atoms with van der Waals surface area (Å²) in [6.45, 7) is 9.53. The number of thiophene rings is 1. The van der Waals surface area contributed by atoms with E-state index in [1.54, 1.807) is 11.3 Å². The number of benzene rings is 1. The molecule has 2 aromatic rings. The lowest BCUT2D eigenvalue weighted by molar-refractivity contribution is 0.218. The van der Waals surface area contributed by atoms with Crippen LogP contribution in [0.25, 0.3) is 0 Å². The van der Waals surface area contributed by atoms with Crippen molar-refractivity contribution in [2.45, 2.75) is 47.0 Å². The lowest BCUT2D eigenvalue weighted by atomic mass is 9.72. The van der Waals surface area contributed by atoms with Crippen LogP contribution in [-0.2, 0) is 12.8 Å². The molecule has 142 valence electrons. The van der Waals surface area contributed by atoms with Gasteiger partial charge in [-0.1, -0.05) is 20.8 Å². The molecule has 0 saturated carbocycles. The number of fused-ring (bicyclic) bond motifs is 1. The number of ether oxygens (including phenoxy) is 1. The summed E-state index contributed by atoms with van der Waals surface area (Å²) >= 11 is 5.22. The van der Waals surface area contributed by atoms with Gasteiger partial charge in [0, 0.05) is 11.1 Å². The Morgan fingerprint density at radius 2 is 2.19 bits per heavy atom. The monoisotopic (exact) mass is 444 g/mol. The molecule has 0 unspecified atom stereocenters. The molecule has 0 bridgehead atoms. The third-order valence-corrected chi connectivity index (χ3v) is 6.95. The summed E-state index contributed by atoms with van der Waals surface area (Å²) in [6, 6.07) is 8.31. The van der Waals surface area contributed by atoms with Gasteiger partial charge in [0.25, 0.3) is 0 Å². The molecule has 0 aliphatic heterocycles. The Morgan fingerprint density at radius 3 is 2.81 bits per heavy atom. The molecule has 0 N–H and O–H groups in total. The van der Waals surface area contributed by atoms with E-state index in [2.05, 4.69) is 47.8 Å². The summed E-state index contributed by atoms with van der Waals surface area (Å²) in [7, 11) is 0. The third-order valence-electron chi connectivity index (χ3n) is 5.17. The second-order valence-electron chi connectivity index (χ2n) is 7.98. The smallest absolute Gasteiger partial charge is 0.134 e. The van der Waals surface area contributed by atoms with E-state index in [4.69, 9.17) is 4.74 Å². The molecule has 3 nitrogen and oxygen atoms in total. The van der Waals surface area contributed by atoms with Gasteiger partial charge < -0.3 is 4.74 Å². The minimum absolute atomic E-state index is 0.298. The molecule has 0 spiro atoms. The number of rotatable bonds is 4. The maximum atomic E-state index is 9.68. The van der Waals surface area contributed by atoms with E-state index in [0.29, 0.717) is 17.9 Å². The molecule has 0 saturated heterocycles. The van der Waals surface area contributed by atoms with Gasteiger partial charge in [0.2, 0.25) is 0 Å². The SMILES string of the molecule is CCOc1ccc(C=Nc2sc3c(c2C#N)CC[C@H](C(C)(C)C)C3)cc1Br. The predicted octanol–water partition coefficient (Wildman–Crippen LogP) is 6.68. The van der Waals surface area contributed by atoms with Crippen LogP contribution < -0.4 is 4.74 Å². The minimum Gasteiger partial charge on any atom is -0.493 e. The average Bonchev–Trinajstić information content (AvgIpc) is 2.98. The Morgan fingerprint density at radius 1 is 1.41 bits per heavy atom. The fourth-order valence-electron chi connectivity index (χ4n) is 3.52. The van der Waals surface area contributed by atoms with Gasteiger partial charge in [0.05, 0.1) is 16.6 Å². The van der Waals surface area contributed by atoms with E-state index >= 15 is 0 Å². The summed E-state index contributed by atoms with van der Waals surface area (Å²) in [5.74, 6) is 1.49. The Hall–Kier alpha value is -1.64. The first-order valence-electron chi connectivity index (χ1n) is 9.34. The van der Waals surface area contributed by atoms with Crippen molar-refractivity contribution in [1.29, 1.82) is 5.26 Å². The topological polar surface area (TPSA) is 45.4 Å². The van der Waals surface area contributed by atoms with Crippen LogP contribution in [0, 0.1) is 22.7 Å². The van der Waals surface area contributed by atoms with Crippen LogP contribution in [0.4, 0.5) is 5.00 Å². The zero-order valence-corrected chi connectivity index (χ0v) is 18.7. The van der Waals surface area contributed by atoms with Crippen LogP contribution >= 0.6 is 27.3 Å². The lowest BCUT2D eigenvalue weighted by Crippen LogP contribution is -2.26. The molecular weight excluding hydrogens is 420 g/mol. The predicted molar refractivity (Wildman–Crippen MR) is 117 cm³/mol. The summed E-state index contributed by atoms with van der Waals surface area (Å²) in [5.41, 5.74) is 3.27. The fourth-order valence-corrected chi connectivity index (χ4v) is 5.25. The van der Waals surface area contributed by atoms with Crippen molar-refractivity contribution < 1.29 is 4.74 Å². The van der Waals surface area contributed by atoms with E-state index in [-0.39, 0.29) is 0 Å². The lowest BCUT2D eigenvalue weighted by Gasteiger charge is -2.33. The van der Waals surface area contributed by atoms with Gasteiger partial charge in [-0.25, -0.2) is 4.99 Å². The van der Waals surface area contributed by atoms with Crippen LogP contribution in [0.2, 0.25) is 0 Å². The Kier molecular flexibility index (Phi) is 6.08. The van der Waals surface area contributed by atoms with E-state index in [1.807, 2.05) is 31.3 Å². The zero-order chi connectivity index (χ0) is 19.6. The second-order valence-corrected chi connectivity index (χ2v) is 9.92. The number of halogens is 1. The van der Waals surface area contributed by atoms with Crippen molar-refractivity contribution in [2.75, 3.05) is 6.61 Å². The molecule has 27 heavy (non-hydrogen) atoms. The van der Waals surface area contributed by atoms with Crippen molar-refractivity contribution in [1.82, 2.24) is 0 Å². The number of nitriles is 1. The summed E-state index contributed by atoms with van der Waals surface area (Å²) < 4.78 is 6.46. The fraction of sp³-hybridized carbons (Fsp3) is 0.455. The Balaban J connectivity index is 1.86. The maximum Gasteiger partial charge on any atom is 0.134 e. The van der Waals surface area contributed by atoms with E-state index < -0.39 is 0 Å². The Bertz CT molecular complexity index is 902. The van der Waals surface area contributed by atoms with Crippen LogP contribution in [-0.4, -0.2) is 12.8 Å². The van der Waals surface area contributed by atoms with Gasteiger partial charge in [-0.3, -0.25) is 0 Å². The van der Waals surface area contributed by atoms with Crippen molar-refractivity contribution >= 4 is 38.5 Å². The number of hydrogen-bond acceptors (Lipinski definition) is 4. The van der Waals surface area contributed by atoms with Crippen LogP contribution in [0.5, 0.6) is 5.75 Å². The molecule has 1 heterocycles. The van der Waals surface area contributed by atoms with Gasteiger partial charge in [0.15, 0.2) is 0 Å². The van der Waals surface area contributed by atoms with Gasteiger partial charge in [-0.05, 0) is 82.8 Å². The molecule has 5 heteroatoms. The summed E-state index contributed by atoms with van der Waals surface area (Å²) in [6.07, 6.45) is 5.03. The molecule has 1 aromatic heterocycles. The minimum atomic E-state index is 0.298. The van der Waals surface area contributed by atoms with Gasteiger partial charge in [-0.2, -0.15) is 5.26 Å². The molecule has 0 radical (unpaired) electrons. The Labute approximate surface area is 174 Å². The van der Waals surface area contributed by atoms with E-state index in [9.17, 15) is 5.26 Å². The summed E-state index contributed by atoms with van der Waals surface area (Å²) in [5, 5.41) is 10.5. The highest BCUT2D eigenvalue weighted by atomic mass is 79.9. The molecule has 0 amide bonds. The van der Waals surface area contributed by atoms with Crippen LogP contribution in [0.3, 0.4) is 0 Å². The molecular formula is C22H25BrN2OS. The first-order chi connectivity index (χ1) is 12.8. The normalized spacial score (nSPS) is 17.0. The first-order valence-corrected chi connectivity index (χ1v) is 11.0. The highest BCUT2D eigenvalue weighted by molar-refractivity contribution is 9.10. The van der Waals surface area contributed by atoms with Crippen LogP contribution in [0.1, 0.15) is 55.7 Å². The molecule has 1 aliphatic carbocycles. The second kappa shape index (κ2) is 8.16. The molecule has 0 fully saturated rings. The van der Waals surface area contributed by atoms with Crippen molar-refractivity contribution in [3.63, 3.8) is 0 Å². The molecule has 1 aliphatic rings. The molecule has 1 aromatic carbocycles. The van der Waals surface area contributed by atoms with E-state index in [1.165, 1.54) is 10.4 Å². The van der Waals surface area contributed by atoms with Crippen molar-refractivity contribution in [3.05, 3.63) is 44.2 Å². The highest BCUT2D eigenvalue weighted by Crippen LogP contribution is 2.44. The standard InChI is InChI=1S/C22H25BrN2OS/c1-5-26-19-9-6-14(10-18(19)23)13-25-21-17(12-24)16-8-7-15(22(2,3)4)11-20(16)27-21/h6,9-10,13,15H,5,7-8,11H2,1-4H3/t15-/m0/s1. The zero-order valence-electron chi connectivity index (χ0n) is 16.3. The number of hydrogen-bond donors (Lipinski definition) is 0. The quantitative estimate of drug-likeness (QED) is 0.493. The number of nitrogens with zero attached hydrogens (tertiary/aromatic N) is 2. The molecule has 3 rings (SSSR count). The summed E-state index contributed by atoms with van der Waals surface area (Å²) in [4.78, 5) is 6.01. The van der Waals surface area contributed by atoms with Crippen molar-refractivity contribution in [3.8, 4) is 11.8 Å². The first kappa shape index (κ1) is 20.1. The number of aliphatic imine (C=N–C) groups is 1. The maximum absolute atomic E-state index is 9.68. The van der Waals surface area contributed by atoms with Gasteiger partial charge >= 0.3 is 0 Å². The highest BCUT2D eigenvalue weighted by Gasteiger charge is 2.32. The van der Waals surface area contributed by atoms with Gasteiger partial charge in [-0.15, -0.1) is 11.3 Å². The van der Waals surface area contributed by atoms with Crippen molar-refractivity contribution in [2.24, 2.45) is 16.3 Å². The average molecular weight is 445 g/mol. The third kappa shape index (κ3) is 4.44.